The molecule has 1 unspecified atom stereocenters. The van der Waals surface area contributed by atoms with Gasteiger partial charge in [0.25, 0.3) is 0 Å². The van der Waals surface area contributed by atoms with Gasteiger partial charge in [-0.05, 0) is 52.3 Å². The van der Waals surface area contributed by atoms with Gasteiger partial charge in [-0.15, -0.1) is 0 Å². The maximum absolute atomic E-state index is 3.65. The van der Waals surface area contributed by atoms with Gasteiger partial charge in [0.05, 0.1) is 0 Å². The summed E-state index contributed by atoms with van der Waals surface area (Å²) in [7, 11) is 0. The standard InChI is InChI=1S/C16H26N2/c1-16(2,3)18-11-7-10-17-15-12-14(15)13-8-5-4-6-9-13/h4-6,8-9,14-15,17-18H,7,10-12H2,1-3H3/t14?,15-/m1/s1. The summed E-state index contributed by atoms with van der Waals surface area (Å²) in [6.07, 6.45) is 2.51. The zero-order valence-electron chi connectivity index (χ0n) is 11.9. The van der Waals surface area contributed by atoms with Crippen molar-refractivity contribution in [2.45, 2.75) is 51.1 Å². The van der Waals surface area contributed by atoms with Crippen LogP contribution < -0.4 is 10.6 Å². The molecular weight excluding hydrogens is 220 g/mol. The fourth-order valence-corrected chi connectivity index (χ4v) is 2.33. The molecule has 18 heavy (non-hydrogen) atoms. The maximum Gasteiger partial charge on any atom is 0.0143 e. The summed E-state index contributed by atoms with van der Waals surface area (Å²) in [6.45, 7) is 8.86. The second-order valence-corrected chi connectivity index (χ2v) is 6.34. The van der Waals surface area contributed by atoms with Gasteiger partial charge >= 0.3 is 0 Å². The second kappa shape index (κ2) is 5.85. The number of hydrogen-bond donors (Lipinski definition) is 2. The first-order chi connectivity index (χ1) is 8.56. The molecule has 0 bridgehead atoms. The third-order valence-corrected chi connectivity index (χ3v) is 3.43. The molecule has 0 amide bonds. The van der Waals surface area contributed by atoms with E-state index in [1.54, 1.807) is 0 Å². The highest BCUT2D eigenvalue weighted by molar-refractivity contribution is 5.27. The monoisotopic (exact) mass is 246 g/mol. The van der Waals surface area contributed by atoms with E-state index in [4.69, 9.17) is 0 Å². The number of rotatable bonds is 6. The Kier molecular flexibility index (Phi) is 4.41. The molecule has 2 rings (SSSR count). The predicted molar refractivity (Wildman–Crippen MR) is 78.0 cm³/mol. The van der Waals surface area contributed by atoms with Gasteiger partial charge in [0.2, 0.25) is 0 Å². The van der Waals surface area contributed by atoms with Crippen LogP contribution in [0, 0.1) is 0 Å². The zero-order valence-corrected chi connectivity index (χ0v) is 11.9. The van der Waals surface area contributed by atoms with E-state index in [-0.39, 0.29) is 5.54 Å². The summed E-state index contributed by atoms with van der Waals surface area (Å²) in [6, 6.07) is 11.6. The lowest BCUT2D eigenvalue weighted by molar-refractivity contribution is 0.418. The summed E-state index contributed by atoms with van der Waals surface area (Å²) in [5.74, 6) is 0.752. The van der Waals surface area contributed by atoms with Gasteiger partial charge in [-0.2, -0.15) is 0 Å². The zero-order chi connectivity index (χ0) is 13.0. The fraction of sp³-hybridized carbons (Fsp3) is 0.625. The summed E-state index contributed by atoms with van der Waals surface area (Å²) in [5, 5.41) is 7.17. The molecular formula is C16H26N2. The minimum atomic E-state index is 0.242. The van der Waals surface area contributed by atoms with Crippen LogP contribution in [-0.4, -0.2) is 24.7 Å². The lowest BCUT2D eigenvalue weighted by atomic mass is 10.1. The quantitative estimate of drug-likeness (QED) is 0.754. The molecule has 2 atom stereocenters. The van der Waals surface area contributed by atoms with Crippen molar-refractivity contribution in [3.8, 4) is 0 Å². The molecule has 1 saturated carbocycles. The first kappa shape index (κ1) is 13.6. The molecule has 2 heteroatoms. The largest absolute Gasteiger partial charge is 0.313 e. The van der Waals surface area contributed by atoms with Crippen LogP contribution in [0.1, 0.15) is 45.1 Å². The third kappa shape index (κ3) is 4.43. The Morgan fingerprint density at radius 1 is 1.11 bits per heavy atom. The Labute approximate surface area is 111 Å². The van der Waals surface area contributed by atoms with E-state index in [0.717, 1.165) is 19.0 Å². The molecule has 1 aliphatic rings. The van der Waals surface area contributed by atoms with Crippen molar-refractivity contribution in [2.24, 2.45) is 0 Å². The van der Waals surface area contributed by atoms with Gasteiger partial charge in [-0.1, -0.05) is 30.3 Å². The molecule has 1 aliphatic carbocycles. The van der Waals surface area contributed by atoms with Crippen molar-refractivity contribution in [2.75, 3.05) is 13.1 Å². The van der Waals surface area contributed by atoms with E-state index in [9.17, 15) is 0 Å². The molecule has 1 fully saturated rings. The van der Waals surface area contributed by atoms with Crippen LogP contribution in [0.5, 0.6) is 0 Å². The number of hydrogen-bond acceptors (Lipinski definition) is 2. The van der Waals surface area contributed by atoms with E-state index < -0.39 is 0 Å². The second-order valence-electron chi connectivity index (χ2n) is 6.34. The lowest BCUT2D eigenvalue weighted by Gasteiger charge is -2.20. The van der Waals surface area contributed by atoms with Gasteiger partial charge in [-0.3, -0.25) is 0 Å². The summed E-state index contributed by atoms with van der Waals surface area (Å²) >= 11 is 0. The minimum Gasteiger partial charge on any atom is -0.313 e. The Morgan fingerprint density at radius 2 is 1.83 bits per heavy atom. The highest BCUT2D eigenvalue weighted by Crippen LogP contribution is 2.40. The summed E-state index contributed by atoms with van der Waals surface area (Å²) in [4.78, 5) is 0. The molecule has 0 aromatic heterocycles. The molecule has 0 saturated heterocycles. The van der Waals surface area contributed by atoms with Crippen molar-refractivity contribution >= 4 is 0 Å². The highest BCUT2D eigenvalue weighted by Gasteiger charge is 2.37. The Hall–Kier alpha value is -0.860. The summed E-state index contributed by atoms with van der Waals surface area (Å²) < 4.78 is 0. The van der Waals surface area contributed by atoms with E-state index in [1.807, 2.05) is 0 Å². The maximum atomic E-state index is 3.65. The molecule has 2 nitrogen and oxygen atoms in total. The van der Waals surface area contributed by atoms with Crippen molar-refractivity contribution in [1.82, 2.24) is 10.6 Å². The van der Waals surface area contributed by atoms with Crippen LogP contribution in [0.25, 0.3) is 0 Å². The van der Waals surface area contributed by atoms with Gasteiger partial charge in [0, 0.05) is 17.5 Å². The van der Waals surface area contributed by atoms with Crippen molar-refractivity contribution in [1.29, 1.82) is 0 Å². The van der Waals surface area contributed by atoms with Crippen LogP contribution in [-0.2, 0) is 0 Å². The first-order valence-electron chi connectivity index (χ1n) is 7.09. The van der Waals surface area contributed by atoms with Gasteiger partial charge < -0.3 is 10.6 Å². The predicted octanol–water partition coefficient (Wildman–Crippen LogP) is 2.91. The summed E-state index contributed by atoms with van der Waals surface area (Å²) in [5.41, 5.74) is 1.73. The van der Waals surface area contributed by atoms with E-state index in [1.165, 1.54) is 18.4 Å². The third-order valence-electron chi connectivity index (χ3n) is 3.43. The van der Waals surface area contributed by atoms with Crippen LogP contribution in [0.15, 0.2) is 30.3 Å². The molecule has 100 valence electrons. The van der Waals surface area contributed by atoms with Crippen LogP contribution >= 0.6 is 0 Å². The highest BCUT2D eigenvalue weighted by atomic mass is 15.0. The molecule has 0 radical (unpaired) electrons. The smallest absolute Gasteiger partial charge is 0.0143 e. The van der Waals surface area contributed by atoms with Crippen LogP contribution in [0.4, 0.5) is 0 Å². The van der Waals surface area contributed by atoms with Crippen molar-refractivity contribution < 1.29 is 0 Å². The first-order valence-corrected chi connectivity index (χ1v) is 7.09. The van der Waals surface area contributed by atoms with Gasteiger partial charge in [-0.25, -0.2) is 0 Å². The Morgan fingerprint density at radius 3 is 2.50 bits per heavy atom. The lowest BCUT2D eigenvalue weighted by Crippen LogP contribution is -2.37. The Balaban J connectivity index is 1.58. The van der Waals surface area contributed by atoms with Crippen LogP contribution in [0.2, 0.25) is 0 Å². The van der Waals surface area contributed by atoms with Gasteiger partial charge in [0.15, 0.2) is 0 Å². The SMILES string of the molecule is CC(C)(C)NCCCN[C@@H]1CC1c1ccccc1. The van der Waals surface area contributed by atoms with Crippen molar-refractivity contribution in [3.63, 3.8) is 0 Å². The molecule has 0 aliphatic heterocycles. The Bertz CT molecular complexity index is 353. The fourth-order valence-electron chi connectivity index (χ4n) is 2.33. The normalized spacial score (nSPS) is 23.1. The van der Waals surface area contributed by atoms with E-state index >= 15 is 0 Å². The van der Waals surface area contributed by atoms with Gasteiger partial charge in [0.1, 0.15) is 0 Å². The molecule has 0 spiro atoms. The molecule has 2 N–H and O–H groups in total. The van der Waals surface area contributed by atoms with Crippen LogP contribution in [0.3, 0.4) is 0 Å². The molecule has 0 heterocycles. The molecule has 1 aromatic carbocycles. The number of nitrogens with one attached hydrogen (secondary N) is 2. The topological polar surface area (TPSA) is 24.1 Å². The minimum absolute atomic E-state index is 0.242. The number of benzene rings is 1. The average molecular weight is 246 g/mol. The average Bonchev–Trinajstić information content (AvgIpc) is 3.08. The molecule has 1 aromatic rings. The van der Waals surface area contributed by atoms with Crippen molar-refractivity contribution in [3.05, 3.63) is 35.9 Å². The van der Waals surface area contributed by atoms with E-state index in [2.05, 4.69) is 61.7 Å². The van der Waals surface area contributed by atoms with E-state index in [0.29, 0.717) is 6.04 Å².